The highest BCUT2D eigenvalue weighted by molar-refractivity contribution is 7.89. The van der Waals surface area contributed by atoms with Crippen LogP contribution in [0.15, 0.2) is 53.4 Å². The third kappa shape index (κ3) is 6.55. The minimum absolute atomic E-state index is 0.249. The van der Waals surface area contributed by atoms with Crippen LogP contribution in [0.5, 0.6) is 5.75 Å². The summed E-state index contributed by atoms with van der Waals surface area (Å²) in [6.45, 7) is 3.96. The Morgan fingerprint density at radius 2 is 1.58 bits per heavy atom. The Morgan fingerprint density at radius 3 is 2.19 bits per heavy atom. The third-order valence-corrected chi connectivity index (χ3v) is 7.36. The summed E-state index contributed by atoms with van der Waals surface area (Å²) < 4.78 is 33.0. The first kappa shape index (κ1) is 23.3. The van der Waals surface area contributed by atoms with Gasteiger partial charge in [-0.2, -0.15) is 4.31 Å². The fourth-order valence-electron chi connectivity index (χ4n) is 3.59. The summed E-state index contributed by atoms with van der Waals surface area (Å²) in [6.07, 6.45) is 7.24. The van der Waals surface area contributed by atoms with Crippen LogP contribution >= 0.6 is 0 Å². The minimum Gasteiger partial charge on any atom is -0.494 e. The number of nitrogens with zero attached hydrogens (tertiary/aromatic N) is 1. The standard InChI is InChI=1S/C24H32N2O4S/c1-2-3-8-19-30-22-13-9-20(10-14-22)24(27)25-21-11-15-23(16-12-21)31(28,29)26-17-6-4-5-7-18-26/h9-16H,2-8,17-19H2,1H3,(H,25,27). The van der Waals surface area contributed by atoms with Gasteiger partial charge in [0, 0.05) is 24.3 Å². The quantitative estimate of drug-likeness (QED) is 0.548. The van der Waals surface area contributed by atoms with E-state index < -0.39 is 10.0 Å². The second-order valence-corrected chi connectivity index (χ2v) is 9.81. The molecule has 2 aromatic rings. The van der Waals surface area contributed by atoms with E-state index in [1.165, 1.54) is 0 Å². The second-order valence-electron chi connectivity index (χ2n) is 7.88. The van der Waals surface area contributed by atoms with E-state index in [0.717, 1.165) is 50.7 Å². The molecular formula is C24H32N2O4S. The van der Waals surface area contributed by atoms with E-state index in [-0.39, 0.29) is 10.8 Å². The lowest BCUT2D eigenvalue weighted by Crippen LogP contribution is -2.31. The van der Waals surface area contributed by atoms with Crippen molar-refractivity contribution in [1.29, 1.82) is 0 Å². The van der Waals surface area contributed by atoms with Crippen molar-refractivity contribution in [3.05, 3.63) is 54.1 Å². The van der Waals surface area contributed by atoms with E-state index >= 15 is 0 Å². The summed E-state index contributed by atoms with van der Waals surface area (Å²) in [5, 5.41) is 2.82. The summed E-state index contributed by atoms with van der Waals surface area (Å²) in [5.74, 6) is 0.497. The van der Waals surface area contributed by atoms with Crippen LogP contribution in [-0.2, 0) is 10.0 Å². The van der Waals surface area contributed by atoms with Crippen LogP contribution in [0.1, 0.15) is 62.2 Å². The summed E-state index contributed by atoms with van der Waals surface area (Å²) in [6, 6.07) is 13.4. The van der Waals surface area contributed by atoms with Crippen molar-refractivity contribution in [2.75, 3.05) is 25.0 Å². The molecule has 31 heavy (non-hydrogen) atoms. The minimum atomic E-state index is -3.49. The first-order chi connectivity index (χ1) is 15.0. The highest BCUT2D eigenvalue weighted by atomic mass is 32.2. The molecule has 0 aliphatic carbocycles. The topological polar surface area (TPSA) is 75.7 Å². The molecule has 0 bridgehead atoms. The molecule has 7 heteroatoms. The molecule has 6 nitrogen and oxygen atoms in total. The van der Waals surface area contributed by atoms with Crippen molar-refractivity contribution in [3.63, 3.8) is 0 Å². The molecule has 0 saturated carbocycles. The van der Waals surface area contributed by atoms with E-state index in [1.54, 1.807) is 52.8 Å². The number of sulfonamides is 1. The zero-order chi connectivity index (χ0) is 22.1. The van der Waals surface area contributed by atoms with Crippen molar-refractivity contribution in [1.82, 2.24) is 4.31 Å². The van der Waals surface area contributed by atoms with Crippen molar-refractivity contribution < 1.29 is 17.9 Å². The molecule has 1 aliphatic rings. The molecule has 0 unspecified atom stereocenters. The smallest absolute Gasteiger partial charge is 0.255 e. The van der Waals surface area contributed by atoms with Gasteiger partial charge in [-0.3, -0.25) is 4.79 Å². The summed E-state index contributed by atoms with van der Waals surface area (Å²) in [4.78, 5) is 12.8. The highest BCUT2D eigenvalue weighted by Crippen LogP contribution is 2.22. The molecule has 1 amide bonds. The number of hydrogen-bond donors (Lipinski definition) is 1. The molecule has 2 aromatic carbocycles. The fraction of sp³-hybridized carbons (Fsp3) is 0.458. The Labute approximate surface area is 185 Å². The van der Waals surface area contributed by atoms with Gasteiger partial charge in [0.2, 0.25) is 10.0 Å². The summed E-state index contributed by atoms with van der Waals surface area (Å²) >= 11 is 0. The van der Waals surface area contributed by atoms with Crippen molar-refractivity contribution >= 4 is 21.6 Å². The van der Waals surface area contributed by atoms with Gasteiger partial charge in [0.25, 0.3) is 5.91 Å². The van der Waals surface area contributed by atoms with Gasteiger partial charge >= 0.3 is 0 Å². The van der Waals surface area contributed by atoms with Crippen LogP contribution in [-0.4, -0.2) is 38.3 Å². The molecule has 0 atom stereocenters. The summed E-state index contributed by atoms with van der Waals surface area (Å²) in [5.41, 5.74) is 1.07. The van der Waals surface area contributed by atoms with Crippen LogP contribution in [0.3, 0.4) is 0 Å². The van der Waals surface area contributed by atoms with Gasteiger partial charge in [0.15, 0.2) is 0 Å². The number of hydrogen-bond acceptors (Lipinski definition) is 4. The van der Waals surface area contributed by atoms with Gasteiger partial charge < -0.3 is 10.1 Å². The van der Waals surface area contributed by atoms with Crippen molar-refractivity contribution in [2.24, 2.45) is 0 Å². The molecule has 3 rings (SSSR count). The average molecular weight is 445 g/mol. The average Bonchev–Trinajstić information content (AvgIpc) is 3.08. The molecule has 0 spiro atoms. The Bertz CT molecular complexity index is 933. The Hall–Kier alpha value is -2.38. The van der Waals surface area contributed by atoms with Gasteiger partial charge in [-0.05, 0) is 67.8 Å². The van der Waals surface area contributed by atoms with Crippen LogP contribution in [0.2, 0.25) is 0 Å². The number of benzene rings is 2. The number of unbranched alkanes of at least 4 members (excludes halogenated alkanes) is 2. The third-order valence-electron chi connectivity index (χ3n) is 5.45. The van der Waals surface area contributed by atoms with Gasteiger partial charge in [0.1, 0.15) is 5.75 Å². The maximum atomic E-state index is 12.9. The monoisotopic (exact) mass is 444 g/mol. The van der Waals surface area contributed by atoms with Crippen molar-refractivity contribution in [3.8, 4) is 5.75 Å². The maximum Gasteiger partial charge on any atom is 0.255 e. The number of anilines is 1. The van der Waals surface area contributed by atoms with Crippen LogP contribution in [0.4, 0.5) is 5.69 Å². The van der Waals surface area contributed by atoms with E-state index in [0.29, 0.717) is 30.9 Å². The normalized spacial score (nSPS) is 15.3. The van der Waals surface area contributed by atoms with Crippen LogP contribution in [0.25, 0.3) is 0 Å². The van der Waals surface area contributed by atoms with Gasteiger partial charge in [-0.1, -0.05) is 32.6 Å². The Morgan fingerprint density at radius 1 is 0.935 bits per heavy atom. The molecule has 0 aromatic heterocycles. The molecule has 0 radical (unpaired) electrons. The predicted molar refractivity (Wildman–Crippen MR) is 123 cm³/mol. The maximum absolute atomic E-state index is 12.9. The zero-order valence-electron chi connectivity index (χ0n) is 18.2. The van der Waals surface area contributed by atoms with E-state index in [2.05, 4.69) is 12.2 Å². The molecule has 1 N–H and O–H groups in total. The molecular weight excluding hydrogens is 412 g/mol. The SMILES string of the molecule is CCCCCOc1ccc(C(=O)Nc2ccc(S(=O)(=O)N3CCCCCC3)cc2)cc1. The number of rotatable bonds is 9. The van der Waals surface area contributed by atoms with E-state index in [4.69, 9.17) is 4.74 Å². The molecule has 1 fully saturated rings. The highest BCUT2D eigenvalue weighted by Gasteiger charge is 2.25. The second kappa shape index (κ2) is 11.3. The Kier molecular flexibility index (Phi) is 8.49. The van der Waals surface area contributed by atoms with Crippen molar-refractivity contribution in [2.45, 2.75) is 56.8 Å². The predicted octanol–water partition coefficient (Wildman–Crippen LogP) is 5.07. The lowest BCUT2D eigenvalue weighted by atomic mass is 10.2. The lowest BCUT2D eigenvalue weighted by molar-refractivity contribution is 0.102. The number of carbonyl (C=O) groups excluding carboxylic acids is 1. The molecule has 1 aliphatic heterocycles. The van der Waals surface area contributed by atoms with Crippen LogP contribution < -0.4 is 10.1 Å². The molecule has 1 heterocycles. The lowest BCUT2D eigenvalue weighted by Gasteiger charge is -2.20. The van der Waals surface area contributed by atoms with E-state index in [9.17, 15) is 13.2 Å². The van der Waals surface area contributed by atoms with Crippen LogP contribution in [0, 0.1) is 0 Å². The molecule has 168 valence electrons. The molecule has 1 saturated heterocycles. The number of carbonyl (C=O) groups is 1. The number of ether oxygens (including phenoxy) is 1. The van der Waals surface area contributed by atoms with Gasteiger partial charge in [-0.25, -0.2) is 8.42 Å². The number of amides is 1. The van der Waals surface area contributed by atoms with E-state index in [1.807, 2.05) is 0 Å². The first-order valence-corrected chi connectivity index (χ1v) is 12.6. The Balaban J connectivity index is 1.58. The first-order valence-electron chi connectivity index (χ1n) is 11.1. The fourth-order valence-corrected chi connectivity index (χ4v) is 5.11. The zero-order valence-corrected chi connectivity index (χ0v) is 19.0. The summed E-state index contributed by atoms with van der Waals surface area (Å²) in [7, 11) is -3.49. The largest absolute Gasteiger partial charge is 0.494 e. The van der Waals surface area contributed by atoms with Gasteiger partial charge in [0.05, 0.1) is 11.5 Å². The van der Waals surface area contributed by atoms with Gasteiger partial charge in [-0.15, -0.1) is 0 Å². The number of nitrogens with one attached hydrogen (secondary N) is 1.